The Labute approximate surface area is 128 Å². The molecule has 0 fully saturated rings. The number of rotatable bonds is 4. The van der Waals surface area contributed by atoms with Gasteiger partial charge in [-0.15, -0.1) is 10.2 Å². The van der Waals surface area contributed by atoms with Gasteiger partial charge in [0.2, 0.25) is 0 Å². The summed E-state index contributed by atoms with van der Waals surface area (Å²) in [5.41, 5.74) is 2.71. The van der Waals surface area contributed by atoms with E-state index in [0.717, 1.165) is 31.2 Å². The fourth-order valence-corrected chi connectivity index (χ4v) is 2.81. The van der Waals surface area contributed by atoms with Gasteiger partial charge < -0.3 is 10.0 Å². The highest BCUT2D eigenvalue weighted by Gasteiger charge is 2.20. The van der Waals surface area contributed by atoms with Crippen LogP contribution in [0.1, 0.15) is 40.2 Å². The lowest BCUT2D eigenvalue weighted by Gasteiger charge is -2.20. The summed E-state index contributed by atoms with van der Waals surface area (Å²) in [4.78, 5) is 14.1. The molecule has 116 valence electrons. The minimum absolute atomic E-state index is 0.0667. The summed E-state index contributed by atoms with van der Waals surface area (Å²) in [6, 6.07) is 3.59. The van der Waals surface area contributed by atoms with Crippen LogP contribution in [0.5, 0.6) is 5.75 Å². The Morgan fingerprint density at radius 1 is 1.32 bits per heavy atom. The van der Waals surface area contributed by atoms with Crippen molar-refractivity contribution in [3.05, 3.63) is 34.6 Å². The number of likely N-dealkylation sites (N-methyl/N-ethyl adjacent to an activating group) is 1. The maximum atomic E-state index is 12.5. The summed E-state index contributed by atoms with van der Waals surface area (Å²) < 4.78 is 0. The predicted molar refractivity (Wildman–Crippen MR) is 79.6 cm³/mol. The fourth-order valence-electron chi connectivity index (χ4n) is 2.81. The number of phenols is 1. The number of hydrogen-bond donors (Lipinski definition) is 2. The third-order valence-electron chi connectivity index (χ3n) is 4.10. The van der Waals surface area contributed by atoms with Crippen molar-refractivity contribution >= 4 is 5.91 Å². The molecule has 0 radical (unpaired) electrons. The van der Waals surface area contributed by atoms with Crippen molar-refractivity contribution in [1.82, 2.24) is 25.5 Å². The predicted octanol–water partition coefficient (Wildman–Crippen LogP) is 1.10. The number of aromatic nitrogens is 4. The van der Waals surface area contributed by atoms with Gasteiger partial charge in [0.05, 0.1) is 5.56 Å². The molecule has 1 aliphatic rings. The molecular weight excluding hydrogens is 282 g/mol. The lowest BCUT2D eigenvalue weighted by molar-refractivity contribution is 0.0793. The molecule has 22 heavy (non-hydrogen) atoms. The van der Waals surface area contributed by atoms with E-state index in [1.54, 1.807) is 18.0 Å². The largest absolute Gasteiger partial charge is 0.507 e. The molecule has 1 aromatic carbocycles. The molecule has 0 unspecified atom stereocenters. The molecule has 1 amide bonds. The van der Waals surface area contributed by atoms with Crippen molar-refractivity contribution < 1.29 is 9.90 Å². The Hall–Kier alpha value is -2.44. The number of amides is 1. The second-order valence-corrected chi connectivity index (χ2v) is 5.65. The van der Waals surface area contributed by atoms with Crippen molar-refractivity contribution in [2.75, 3.05) is 13.6 Å². The SMILES string of the molecule is CN(CCc1nn[nH]n1)C(=O)c1cc2c(cc1O)CCCC2. The molecule has 1 aliphatic carbocycles. The minimum Gasteiger partial charge on any atom is -0.507 e. The monoisotopic (exact) mass is 301 g/mol. The molecule has 7 heteroatoms. The molecule has 0 bridgehead atoms. The Morgan fingerprint density at radius 3 is 2.73 bits per heavy atom. The Morgan fingerprint density at radius 2 is 2.05 bits per heavy atom. The Kier molecular flexibility index (Phi) is 4.04. The van der Waals surface area contributed by atoms with E-state index >= 15 is 0 Å². The zero-order valence-electron chi connectivity index (χ0n) is 12.5. The zero-order chi connectivity index (χ0) is 15.5. The highest BCUT2D eigenvalue weighted by atomic mass is 16.3. The maximum absolute atomic E-state index is 12.5. The summed E-state index contributed by atoms with van der Waals surface area (Å²) in [7, 11) is 1.71. The first-order valence-electron chi connectivity index (χ1n) is 7.47. The van der Waals surface area contributed by atoms with E-state index in [2.05, 4.69) is 20.6 Å². The standard InChI is InChI=1S/C15H19N5O2/c1-20(7-6-14-16-18-19-17-14)15(22)12-8-10-4-2-3-5-11(10)9-13(12)21/h8-9,21H,2-7H2,1H3,(H,16,17,18,19). The van der Waals surface area contributed by atoms with Crippen LogP contribution in [0.15, 0.2) is 12.1 Å². The number of fused-ring (bicyclic) bond motifs is 1. The lowest BCUT2D eigenvalue weighted by atomic mass is 9.89. The first-order valence-corrected chi connectivity index (χ1v) is 7.47. The zero-order valence-corrected chi connectivity index (χ0v) is 12.5. The molecule has 2 N–H and O–H groups in total. The number of H-pyrrole nitrogens is 1. The topological polar surface area (TPSA) is 95.0 Å². The number of aromatic hydroxyl groups is 1. The number of nitrogens with zero attached hydrogens (tertiary/aromatic N) is 4. The molecule has 7 nitrogen and oxygen atoms in total. The maximum Gasteiger partial charge on any atom is 0.257 e. The van der Waals surface area contributed by atoms with Crippen LogP contribution in [0, 0.1) is 0 Å². The average molecular weight is 301 g/mol. The number of phenolic OH excluding ortho intramolecular Hbond substituents is 1. The van der Waals surface area contributed by atoms with Gasteiger partial charge in [-0.05, 0) is 48.9 Å². The molecule has 0 saturated heterocycles. The van der Waals surface area contributed by atoms with E-state index in [9.17, 15) is 9.90 Å². The minimum atomic E-state index is -0.186. The summed E-state index contributed by atoms with van der Waals surface area (Å²) >= 11 is 0. The van der Waals surface area contributed by atoms with Crippen molar-refractivity contribution in [2.24, 2.45) is 0 Å². The molecule has 0 saturated carbocycles. The number of hydrogen-bond acceptors (Lipinski definition) is 5. The van der Waals surface area contributed by atoms with E-state index in [1.807, 2.05) is 6.07 Å². The van der Waals surface area contributed by atoms with Gasteiger partial charge in [0.25, 0.3) is 5.91 Å². The molecule has 0 aliphatic heterocycles. The second-order valence-electron chi connectivity index (χ2n) is 5.65. The number of benzene rings is 1. The summed E-state index contributed by atoms with van der Waals surface area (Å²) in [6.45, 7) is 0.467. The number of carbonyl (C=O) groups excluding carboxylic acids is 1. The van der Waals surface area contributed by atoms with E-state index in [-0.39, 0.29) is 11.7 Å². The summed E-state index contributed by atoms with van der Waals surface area (Å²) in [6.07, 6.45) is 4.75. The van der Waals surface area contributed by atoms with Crippen molar-refractivity contribution in [2.45, 2.75) is 32.1 Å². The quantitative estimate of drug-likeness (QED) is 0.881. The Balaban J connectivity index is 1.73. The van der Waals surface area contributed by atoms with Crippen LogP contribution in [0.25, 0.3) is 0 Å². The number of nitrogens with one attached hydrogen (secondary N) is 1. The van der Waals surface area contributed by atoms with Gasteiger partial charge >= 0.3 is 0 Å². The van der Waals surface area contributed by atoms with E-state index < -0.39 is 0 Å². The number of aryl methyl sites for hydroxylation is 2. The van der Waals surface area contributed by atoms with E-state index in [1.165, 1.54) is 5.56 Å². The highest BCUT2D eigenvalue weighted by Crippen LogP contribution is 2.29. The molecular formula is C15H19N5O2. The van der Waals surface area contributed by atoms with Crippen LogP contribution in [-0.2, 0) is 19.3 Å². The lowest BCUT2D eigenvalue weighted by Crippen LogP contribution is -2.29. The third-order valence-corrected chi connectivity index (χ3v) is 4.10. The summed E-state index contributed by atoms with van der Waals surface area (Å²) in [5.74, 6) is 0.445. The first kappa shape index (κ1) is 14.5. The van der Waals surface area contributed by atoms with Gasteiger partial charge in [-0.25, -0.2) is 0 Å². The van der Waals surface area contributed by atoms with Crippen LogP contribution in [0.2, 0.25) is 0 Å². The van der Waals surface area contributed by atoms with Gasteiger partial charge in [0.1, 0.15) is 5.75 Å². The van der Waals surface area contributed by atoms with Crippen molar-refractivity contribution in [3.8, 4) is 5.75 Å². The van der Waals surface area contributed by atoms with Crippen molar-refractivity contribution in [3.63, 3.8) is 0 Å². The van der Waals surface area contributed by atoms with Crippen LogP contribution in [-0.4, -0.2) is 50.1 Å². The summed E-state index contributed by atoms with van der Waals surface area (Å²) in [5, 5.41) is 23.7. The molecule has 0 spiro atoms. The molecule has 1 heterocycles. The van der Waals surface area contributed by atoms with E-state index in [0.29, 0.717) is 24.4 Å². The highest BCUT2D eigenvalue weighted by molar-refractivity contribution is 5.97. The molecule has 3 rings (SSSR count). The van der Waals surface area contributed by atoms with Crippen molar-refractivity contribution in [1.29, 1.82) is 0 Å². The molecule has 0 atom stereocenters. The van der Waals surface area contributed by atoms with Gasteiger partial charge in [-0.1, -0.05) is 5.21 Å². The second kappa shape index (κ2) is 6.13. The van der Waals surface area contributed by atoms with Gasteiger partial charge in [-0.3, -0.25) is 4.79 Å². The number of tetrazole rings is 1. The van der Waals surface area contributed by atoms with Crippen LogP contribution >= 0.6 is 0 Å². The third kappa shape index (κ3) is 2.93. The van der Waals surface area contributed by atoms with Gasteiger partial charge in [0.15, 0.2) is 5.82 Å². The number of aromatic amines is 1. The average Bonchev–Trinajstić information content (AvgIpc) is 3.04. The van der Waals surface area contributed by atoms with Gasteiger partial charge in [-0.2, -0.15) is 5.21 Å². The normalized spacial score (nSPS) is 13.7. The van der Waals surface area contributed by atoms with Gasteiger partial charge in [0, 0.05) is 20.0 Å². The van der Waals surface area contributed by atoms with E-state index in [4.69, 9.17) is 0 Å². The van der Waals surface area contributed by atoms with Crippen LogP contribution < -0.4 is 0 Å². The fraction of sp³-hybridized carbons (Fsp3) is 0.467. The smallest absolute Gasteiger partial charge is 0.257 e. The number of carbonyl (C=O) groups is 1. The molecule has 2 aromatic rings. The molecule has 1 aromatic heterocycles. The van der Waals surface area contributed by atoms with Crippen LogP contribution in [0.4, 0.5) is 0 Å². The Bertz CT molecular complexity index is 669. The first-order chi connectivity index (χ1) is 10.6. The van der Waals surface area contributed by atoms with Crippen LogP contribution in [0.3, 0.4) is 0 Å².